The topological polar surface area (TPSA) is 32.3 Å². The zero-order valence-electron chi connectivity index (χ0n) is 16.1. The van der Waals surface area contributed by atoms with E-state index in [1.165, 1.54) is 12.1 Å². The molecule has 0 bridgehead atoms. The Labute approximate surface area is 175 Å². The van der Waals surface area contributed by atoms with Crippen LogP contribution in [0.5, 0.6) is 0 Å². The summed E-state index contributed by atoms with van der Waals surface area (Å²) >= 11 is 12.4. The third kappa shape index (κ3) is 4.51. The normalized spacial score (nSPS) is 17.9. The molecule has 3 rings (SSSR count). The molecule has 1 fully saturated rings. The molecule has 1 N–H and O–H groups in total. The Kier molecular flexibility index (Phi) is 6.64. The molecular formula is C22H25Cl2FN2O. The molecule has 0 radical (unpaired) electrons. The van der Waals surface area contributed by atoms with Crippen molar-refractivity contribution in [1.82, 2.24) is 10.2 Å². The maximum absolute atomic E-state index is 13.6. The van der Waals surface area contributed by atoms with Crippen molar-refractivity contribution in [3.63, 3.8) is 0 Å². The van der Waals surface area contributed by atoms with E-state index in [4.69, 9.17) is 23.2 Å². The van der Waals surface area contributed by atoms with Gasteiger partial charge in [0.25, 0.3) is 0 Å². The molecule has 1 aliphatic heterocycles. The zero-order chi connectivity index (χ0) is 20.3. The standard InChI is InChI=1S/C22H25Cl2FN2O/c1-26-21(28)20(13-15-11-17(23)14-18(24)12-15)22(7-9-27(2)10-8-22)16-3-5-19(25)6-4-16/h3-6,11-12,14,20H,7-10,13H2,1-2H3,(H,26,28). The fourth-order valence-corrected chi connectivity index (χ4v) is 4.89. The molecule has 0 aromatic heterocycles. The Hall–Kier alpha value is -1.62. The third-order valence-corrected chi connectivity index (χ3v) is 6.33. The van der Waals surface area contributed by atoms with Gasteiger partial charge in [0.05, 0.1) is 5.92 Å². The molecule has 2 aromatic carbocycles. The number of piperidine rings is 1. The number of hydrogen-bond donors (Lipinski definition) is 1. The predicted octanol–water partition coefficient (Wildman–Crippen LogP) is 4.70. The molecule has 1 atom stereocenters. The van der Waals surface area contributed by atoms with Gasteiger partial charge in [-0.15, -0.1) is 0 Å². The summed E-state index contributed by atoms with van der Waals surface area (Å²) in [4.78, 5) is 15.3. The lowest BCUT2D eigenvalue weighted by Gasteiger charge is -2.46. The maximum Gasteiger partial charge on any atom is 0.224 e. The summed E-state index contributed by atoms with van der Waals surface area (Å²) in [5.41, 5.74) is 1.55. The average molecular weight is 423 g/mol. The van der Waals surface area contributed by atoms with Crippen LogP contribution in [0.15, 0.2) is 42.5 Å². The second-order valence-corrected chi connectivity index (χ2v) is 8.49. The molecule has 0 saturated carbocycles. The van der Waals surface area contributed by atoms with Gasteiger partial charge in [-0.25, -0.2) is 4.39 Å². The van der Waals surface area contributed by atoms with Gasteiger partial charge in [-0.3, -0.25) is 4.79 Å². The minimum atomic E-state index is -0.380. The van der Waals surface area contributed by atoms with Gasteiger partial charge in [-0.1, -0.05) is 35.3 Å². The van der Waals surface area contributed by atoms with E-state index in [0.717, 1.165) is 37.1 Å². The van der Waals surface area contributed by atoms with Gasteiger partial charge in [0.15, 0.2) is 0 Å². The maximum atomic E-state index is 13.6. The van der Waals surface area contributed by atoms with E-state index in [1.54, 1.807) is 13.1 Å². The molecule has 28 heavy (non-hydrogen) atoms. The predicted molar refractivity (Wildman–Crippen MR) is 113 cm³/mol. The molecular weight excluding hydrogens is 398 g/mol. The smallest absolute Gasteiger partial charge is 0.224 e. The summed E-state index contributed by atoms with van der Waals surface area (Å²) in [5.74, 6) is -0.610. The highest BCUT2D eigenvalue weighted by molar-refractivity contribution is 6.34. The van der Waals surface area contributed by atoms with Crippen LogP contribution in [0.1, 0.15) is 24.0 Å². The van der Waals surface area contributed by atoms with Crippen LogP contribution in [-0.2, 0) is 16.6 Å². The van der Waals surface area contributed by atoms with Gasteiger partial charge in [0, 0.05) is 22.5 Å². The van der Waals surface area contributed by atoms with E-state index in [2.05, 4.69) is 17.3 Å². The van der Waals surface area contributed by atoms with Crippen molar-refractivity contribution in [2.24, 2.45) is 5.92 Å². The van der Waals surface area contributed by atoms with Crippen LogP contribution in [0.2, 0.25) is 10.0 Å². The third-order valence-electron chi connectivity index (χ3n) is 5.89. The Morgan fingerprint density at radius 2 is 1.71 bits per heavy atom. The van der Waals surface area contributed by atoms with Crippen molar-refractivity contribution in [3.8, 4) is 0 Å². The van der Waals surface area contributed by atoms with Gasteiger partial charge in [0.1, 0.15) is 5.82 Å². The summed E-state index contributed by atoms with van der Waals surface area (Å²) in [5, 5.41) is 3.94. The first-order valence-corrected chi connectivity index (χ1v) is 10.2. The fraction of sp³-hybridized carbons (Fsp3) is 0.409. The van der Waals surface area contributed by atoms with E-state index >= 15 is 0 Å². The highest BCUT2D eigenvalue weighted by Gasteiger charge is 2.45. The summed E-state index contributed by atoms with van der Waals surface area (Å²) < 4.78 is 13.6. The van der Waals surface area contributed by atoms with Crippen molar-refractivity contribution in [2.45, 2.75) is 24.7 Å². The SMILES string of the molecule is CNC(=O)C(Cc1cc(Cl)cc(Cl)c1)C1(c2ccc(F)cc2)CCN(C)CC1. The molecule has 1 saturated heterocycles. The van der Waals surface area contributed by atoms with E-state index < -0.39 is 0 Å². The van der Waals surface area contributed by atoms with E-state index in [9.17, 15) is 9.18 Å². The fourth-order valence-electron chi connectivity index (χ4n) is 4.32. The van der Waals surface area contributed by atoms with Crippen LogP contribution in [0.4, 0.5) is 4.39 Å². The first-order chi connectivity index (χ1) is 13.3. The molecule has 1 amide bonds. The monoisotopic (exact) mass is 422 g/mol. The lowest BCUT2D eigenvalue weighted by atomic mass is 9.62. The van der Waals surface area contributed by atoms with E-state index in [0.29, 0.717) is 16.5 Å². The minimum Gasteiger partial charge on any atom is -0.359 e. The molecule has 3 nitrogen and oxygen atoms in total. The van der Waals surface area contributed by atoms with Crippen molar-refractivity contribution in [3.05, 3.63) is 69.5 Å². The molecule has 1 heterocycles. The molecule has 1 unspecified atom stereocenters. The molecule has 0 spiro atoms. The highest BCUT2D eigenvalue weighted by atomic mass is 35.5. The number of hydrogen-bond acceptors (Lipinski definition) is 2. The van der Waals surface area contributed by atoms with Gasteiger partial charge in [0.2, 0.25) is 5.91 Å². The van der Waals surface area contributed by atoms with Gasteiger partial charge in [-0.2, -0.15) is 0 Å². The van der Waals surface area contributed by atoms with Gasteiger partial charge in [-0.05, 0) is 80.9 Å². The lowest BCUT2D eigenvalue weighted by Crippen LogP contribution is -2.51. The van der Waals surface area contributed by atoms with Crippen molar-refractivity contribution >= 4 is 29.1 Å². The summed E-state index contributed by atoms with van der Waals surface area (Å²) in [7, 11) is 3.74. The zero-order valence-corrected chi connectivity index (χ0v) is 17.7. The van der Waals surface area contributed by atoms with Crippen LogP contribution >= 0.6 is 23.2 Å². The average Bonchev–Trinajstić information content (AvgIpc) is 2.66. The number of rotatable bonds is 5. The number of nitrogens with zero attached hydrogens (tertiary/aromatic N) is 1. The Morgan fingerprint density at radius 3 is 2.25 bits per heavy atom. The summed E-state index contributed by atoms with van der Waals surface area (Å²) in [6.45, 7) is 1.75. The Morgan fingerprint density at radius 1 is 1.14 bits per heavy atom. The number of nitrogens with one attached hydrogen (secondary N) is 1. The van der Waals surface area contributed by atoms with Crippen LogP contribution in [0.25, 0.3) is 0 Å². The molecule has 6 heteroatoms. The summed E-state index contributed by atoms with van der Waals surface area (Å²) in [6.07, 6.45) is 2.16. The largest absolute Gasteiger partial charge is 0.359 e. The number of likely N-dealkylation sites (tertiary alicyclic amines) is 1. The van der Waals surface area contributed by atoms with E-state index in [-0.39, 0.29) is 23.1 Å². The first kappa shape index (κ1) is 21.1. The van der Waals surface area contributed by atoms with E-state index in [1.807, 2.05) is 24.3 Å². The molecule has 150 valence electrons. The second-order valence-electron chi connectivity index (χ2n) is 7.61. The van der Waals surface area contributed by atoms with Crippen molar-refractivity contribution in [1.29, 1.82) is 0 Å². The number of amides is 1. The second kappa shape index (κ2) is 8.81. The molecule has 1 aliphatic rings. The highest BCUT2D eigenvalue weighted by Crippen LogP contribution is 2.44. The Bertz CT molecular complexity index is 813. The minimum absolute atomic E-state index is 0.0232. The Balaban J connectivity index is 2.06. The van der Waals surface area contributed by atoms with Crippen LogP contribution < -0.4 is 5.32 Å². The molecule has 0 aliphatic carbocycles. The number of carbonyl (C=O) groups is 1. The first-order valence-electron chi connectivity index (χ1n) is 9.45. The number of halogens is 3. The molecule has 2 aromatic rings. The van der Waals surface area contributed by atoms with Gasteiger partial charge < -0.3 is 10.2 Å². The number of benzene rings is 2. The van der Waals surface area contributed by atoms with Crippen molar-refractivity contribution < 1.29 is 9.18 Å². The van der Waals surface area contributed by atoms with Crippen LogP contribution in [0, 0.1) is 11.7 Å². The van der Waals surface area contributed by atoms with Crippen molar-refractivity contribution in [2.75, 3.05) is 27.2 Å². The lowest BCUT2D eigenvalue weighted by molar-refractivity contribution is -0.127. The van der Waals surface area contributed by atoms with Crippen LogP contribution in [-0.4, -0.2) is 38.0 Å². The van der Waals surface area contributed by atoms with Crippen LogP contribution in [0.3, 0.4) is 0 Å². The summed E-state index contributed by atoms with van der Waals surface area (Å²) in [6, 6.07) is 12.0. The number of carbonyl (C=O) groups excluding carboxylic acids is 1. The van der Waals surface area contributed by atoms with Gasteiger partial charge >= 0.3 is 0 Å². The quantitative estimate of drug-likeness (QED) is 0.756.